The summed E-state index contributed by atoms with van der Waals surface area (Å²) in [5.74, 6) is 0.342. The van der Waals surface area contributed by atoms with Crippen molar-refractivity contribution in [2.75, 3.05) is 0 Å². The van der Waals surface area contributed by atoms with Crippen LogP contribution < -0.4 is 5.32 Å². The average molecular weight is 296 g/mol. The summed E-state index contributed by atoms with van der Waals surface area (Å²) in [6.45, 7) is 3.98. The van der Waals surface area contributed by atoms with Crippen LogP contribution in [0, 0.1) is 0 Å². The Morgan fingerprint density at radius 1 is 0.762 bits per heavy atom. The Morgan fingerprint density at radius 2 is 1.24 bits per heavy atom. The number of ketones is 1. The number of carbonyl (C=O) groups excluding carboxylic acids is 1. The summed E-state index contributed by atoms with van der Waals surface area (Å²) in [7, 11) is 0. The third-order valence-corrected chi connectivity index (χ3v) is 4.72. The lowest BCUT2D eigenvalue weighted by atomic mass is 10.0. The van der Waals surface area contributed by atoms with E-state index in [1.54, 1.807) is 6.92 Å². The van der Waals surface area contributed by atoms with Gasteiger partial charge in [-0.1, -0.05) is 71.1 Å². The van der Waals surface area contributed by atoms with Gasteiger partial charge in [0.1, 0.15) is 5.78 Å². The maximum absolute atomic E-state index is 10.8. The summed E-state index contributed by atoms with van der Waals surface area (Å²) in [5, 5.41) is 3.64. The van der Waals surface area contributed by atoms with Crippen LogP contribution in [0.4, 0.5) is 0 Å². The Hall–Kier alpha value is -0.370. The molecule has 0 amide bonds. The first-order valence-electron chi connectivity index (χ1n) is 9.49. The van der Waals surface area contributed by atoms with Gasteiger partial charge in [0.2, 0.25) is 0 Å². The van der Waals surface area contributed by atoms with Gasteiger partial charge in [0.25, 0.3) is 0 Å². The zero-order chi connectivity index (χ0) is 15.3. The van der Waals surface area contributed by atoms with E-state index in [0.717, 1.165) is 24.9 Å². The predicted octanol–water partition coefficient (Wildman–Crippen LogP) is 5.40. The van der Waals surface area contributed by atoms with Gasteiger partial charge in [0, 0.05) is 18.5 Å². The molecule has 2 heteroatoms. The van der Waals surface area contributed by atoms with E-state index in [1.165, 1.54) is 77.0 Å². The van der Waals surface area contributed by atoms with Crippen LogP contribution in [0.15, 0.2) is 0 Å². The maximum Gasteiger partial charge on any atom is 0.129 e. The molecule has 21 heavy (non-hydrogen) atoms. The molecule has 2 atom stereocenters. The van der Waals surface area contributed by atoms with Crippen molar-refractivity contribution in [1.82, 2.24) is 5.32 Å². The van der Waals surface area contributed by atoms with Gasteiger partial charge in [0.15, 0.2) is 0 Å². The predicted molar refractivity (Wildman–Crippen MR) is 91.7 cm³/mol. The fourth-order valence-electron chi connectivity index (χ4n) is 3.20. The van der Waals surface area contributed by atoms with Gasteiger partial charge in [-0.3, -0.25) is 0 Å². The minimum Gasteiger partial charge on any atom is -0.308 e. The van der Waals surface area contributed by atoms with Crippen molar-refractivity contribution in [3.8, 4) is 0 Å². The smallest absolute Gasteiger partial charge is 0.129 e. The Balaban J connectivity index is 1.77. The van der Waals surface area contributed by atoms with Crippen molar-refractivity contribution >= 4 is 5.78 Å². The number of unbranched alkanes of at least 4 members (excludes halogenated alkanes) is 9. The minimum atomic E-state index is 0.342. The molecule has 2 nitrogen and oxygen atoms in total. The molecule has 1 fully saturated rings. The Labute approximate surface area is 132 Å². The highest BCUT2D eigenvalue weighted by molar-refractivity contribution is 5.75. The molecule has 0 aromatic heterocycles. The van der Waals surface area contributed by atoms with Gasteiger partial charge < -0.3 is 10.1 Å². The molecule has 1 aliphatic rings. The van der Waals surface area contributed by atoms with E-state index in [1.807, 2.05) is 0 Å². The minimum absolute atomic E-state index is 0.342. The molecule has 2 unspecified atom stereocenters. The van der Waals surface area contributed by atoms with Crippen LogP contribution in [0.2, 0.25) is 0 Å². The molecular weight excluding hydrogens is 258 g/mol. The van der Waals surface area contributed by atoms with E-state index in [4.69, 9.17) is 0 Å². The average Bonchev–Trinajstić information content (AvgIpc) is 3.20. The van der Waals surface area contributed by atoms with Crippen molar-refractivity contribution < 1.29 is 4.79 Å². The summed E-state index contributed by atoms with van der Waals surface area (Å²) in [4.78, 5) is 10.8. The standard InChI is InChI=1S/C19H37NO/c1-3-4-5-6-9-12-15-18-19(20-18)16-13-10-7-8-11-14-17(2)21/h18-20H,3-16H2,1-2H3. The largest absolute Gasteiger partial charge is 0.308 e. The third-order valence-electron chi connectivity index (χ3n) is 4.72. The molecule has 0 aliphatic carbocycles. The van der Waals surface area contributed by atoms with Crippen molar-refractivity contribution in [1.29, 1.82) is 0 Å². The fraction of sp³-hybridized carbons (Fsp3) is 0.947. The molecular formula is C19H37NO. The van der Waals surface area contributed by atoms with Crippen LogP contribution in [0.1, 0.15) is 104 Å². The highest BCUT2D eigenvalue weighted by atomic mass is 16.1. The summed E-state index contributed by atoms with van der Waals surface area (Å²) in [5.41, 5.74) is 0. The molecule has 1 saturated heterocycles. The highest BCUT2D eigenvalue weighted by Gasteiger charge is 2.33. The van der Waals surface area contributed by atoms with E-state index < -0.39 is 0 Å². The van der Waals surface area contributed by atoms with Gasteiger partial charge in [0.05, 0.1) is 0 Å². The lowest BCUT2D eigenvalue weighted by Gasteiger charge is -2.01. The highest BCUT2D eigenvalue weighted by Crippen LogP contribution is 2.24. The molecule has 1 N–H and O–H groups in total. The number of Topliss-reactive ketones (excluding diaryl/α,β-unsaturated/α-hetero) is 1. The number of hydrogen-bond donors (Lipinski definition) is 1. The van der Waals surface area contributed by atoms with Crippen LogP contribution in [0.3, 0.4) is 0 Å². The molecule has 0 radical (unpaired) electrons. The Morgan fingerprint density at radius 3 is 1.76 bits per heavy atom. The lowest BCUT2D eigenvalue weighted by molar-refractivity contribution is -0.117. The normalized spacial score (nSPS) is 20.7. The second kappa shape index (κ2) is 12.2. The number of rotatable bonds is 15. The number of hydrogen-bond acceptors (Lipinski definition) is 2. The molecule has 1 aliphatic heterocycles. The summed E-state index contributed by atoms with van der Waals surface area (Å²) in [6, 6.07) is 1.67. The second-order valence-corrected chi connectivity index (χ2v) is 6.94. The van der Waals surface area contributed by atoms with Crippen molar-refractivity contribution in [3.05, 3.63) is 0 Å². The van der Waals surface area contributed by atoms with Crippen LogP contribution in [-0.4, -0.2) is 17.9 Å². The Bertz CT molecular complexity index is 264. The van der Waals surface area contributed by atoms with Crippen molar-refractivity contribution in [3.63, 3.8) is 0 Å². The zero-order valence-corrected chi connectivity index (χ0v) is 14.5. The molecule has 0 bridgehead atoms. The number of nitrogens with one attached hydrogen (secondary N) is 1. The van der Waals surface area contributed by atoms with Gasteiger partial charge in [-0.2, -0.15) is 0 Å². The van der Waals surface area contributed by atoms with Crippen LogP contribution in [0.5, 0.6) is 0 Å². The van der Waals surface area contributed by atoms with Crippen LogP contribution in [-0.2, 0) is 4.79 Å². The summed E-state index contributed by atoms with van der Waals surface area (Å²) >= 11 is 0. The van der Waals surface area contributed by atoms with Gasteiger partial charge in [-0.05, 0) is 26.2 Å². The molecule has 1 rings (SSSR count). The fourth-order valence-corrected chi connectivity index (χ4v) is 3.20. The summed E-state index contributed by atoms with van der Waals surface area (Å²) < 4.78 is 0. The van der Waals surface area contributed by atoms with Gasteiger partial charge in [-0.15, -0.1) is 0 Å². The zero-order valence-electron chi connectivity index (χ0n) is 14.5. The molecule has 0 aromatic carbocycles. The molecule has 1 heterocycles. The quantitative estimate of drug-likeness (QED) is 0.324. The molecule has 124 valence electrons. The molecule has 0 spiro atoms. The monoisotopic (exact) mass is 295 g/mol. The van der Waals surface area contributed by atoms with Crippen LogP contribution in [0.25, 0.3) is 0 Å². The summed E-state index contributed by atoms with van der Waals surface area (Å²) in [6.07, 6.45) is 18.4. The molecule has 0 saturated carbocycles. The maximum atomic E-state index is 10.8. The first-order valence-corrected chi connectivity index (χ1v) is 9.49. The van der Waals surface area contributed by atoms with E-state index in [-0.39, 0.29) is 0 Å². The van der Waals surface area contributed by atoms with E-state index in [9.17, 15) is 4.79 Å². The second-order valence-electron chi connectivity index (χ2n) is 6.94. The van der Waals surface area contributed by atoms with E-state index in [2.05, 4.69) is 12.2 Å². The number of carbonyl (C=O) groups is 1. The SMILES string of the molecule is CCCCCCCCC1NC1CCCCCCCC(C)=O. The van der Waals surface area contributed by atoms with Gasteiger partial charge in [-0.25, -0.2) is 0 Å². The van der Waals surface area contributed by atoms with Crippen molar-refractivity contribution in [2.24, 2.45) is 0 Å². The topological polar surface area (TPSA) is 39.0 Å². The van der Waals surface area contributed by atoms with E-state index in [0.29, 0.717) is 5.78 Å². The van der Waals surface area contributed by atoms with Crippen molar-refractivity contribution in [2.45, 2.75) is 116 Å². The Kier molecular flexibility index (Phi) is 10.9. The van der Waals surface area contributed by atoms with Gasteiger partial charge >= 0.3 is 0 Å². The van der Waals surface area contributed by atoms with Crippen LogP contribution >= 0.6 is 0 Å². The first kappa shape index (κ1) is 18.7. The third kappa shape index (κ3) is 10.9. The molecule has 0 aromatic rings. The lowest BCUT2D eigenvalue weighted by Crippen LogP contribution is -1.95. The first-order chi connectivity index (χ1) is 10.2. The van der Waals surface area contributed by atoms with E-state index >= 15 is 0 Å².